The second kappa shape index (κ2) is 6.14. The average molecular weight is 211 g/mol. The summed E-state index contributed by atoms with van der Waals surface area (Å²) in [5.74, 6) is -0.928. The quantitative estimate of drug-likeness (QED) is 0.722. The van der Waals surface area contributed by atoms with Crippen LogP contribution in [0.2, 0.25) is 0 Å². The van der Waals surface area contributed by atoms with Crippen LogP contribution in [0.5, 0.6) is 0 Å². The molecule has 4 heteroatoms. The van der Waals surface area contributed by atoms with Crippen LogP contribution in [-0.4, -0.2) is 24.2 Å². The molecule has 0 aliphatic rings. The minimum atomic E-state index is -0.517. The highest BCUT2D eigenvalue weighted by Gasteiger charge is 2.08. The summed E-state index contributed by atoms with van der Waals surface area (Å²) >= 11 is 0. The van der Waals surface area contributed by atoms with Gasteiger partial charge in [0.05, 0.1) is 5.56 Å². The standard InChI is InChI=1S/C11H14FNO2/c12-10-6-2-1-5-9(10)11(15)13-7-3-4-8-14/h1-2,5-6,14H,3-4,7-8H2,(H,13,15). The van der Waals surface area contributed by atoms with Crippen LogP contribution in [0.1, 0.15) is 23.2 Å². The van der Waals surface area contributed by atoms with Gasteiger partial charge < -0.3 is 10.4 Å². The summed E-state index contributed by atoms with van der Waals surface area (Å²) in [7, 11) is 0. The summed E-state index contributed by atoms with van der Waals surface area (Å²) in [6.45, 7) is 0.559. The summed E-state index contributed by atoms with van der Waals surface area (Å²) in [5.41, 5.74) is 0.0569. The van der Waals surface area contributed by atoms with Gasteiger partial charge in [0.15, 0.2) is 0 Å². The van der Waals surface area contributed by atoms with Crippen molar-refractivity contribution in [1.29, 1.82) is 0 Å². The van der Waals surface area contributed by atoms with Crippen molar-refractivity contribution in [3.05, 3.63) is 35.6 Å². The second-order valence-electron chi connectivity index (χ2n) is 3.17. The van der Waals surface area contributed by atoms with E-state index in [1.54, 1.807) is 6.07 Å². The Morgan fingerprint density at radius 2 is 2.07 bits per heavy atom. The summed E-state index contributed by atoms with van der Waals surface area (Å²) in [6.07, 6.45) is 1.33. The Hall–Kier alpha value is -1.42. The summed E-state index contributed by atoms with van der Waals surface area (Å²) < 4.78 is 13.1. The van der Waals surface area contributed by atoms with Crippen molar-refractivity contribution in [2.75, 3.05) is 13.2 Å². The SMILES string of the molecule is O=C(NCCCCO)c1ccccc1F. The Balaban J connectivity index is 2.44. The van der Waals surface area contributed by atoms with Crippen LogP contribution in [0.4, 0.5) is 4.39 Å². The first kappa shape index (κ1) is 11.7. The van der Waals surface area contributed by atoms with Gasteiger partial charge in [0.25, 0.3) is 5.91 Å². The third-order valence-corrected chi connectivity index (χ3v) is 1.99. The van der Waals surface area contributed by atoms with E-state index in [9.17, 15) is 9.18 Å². The van der Waals surface area contributed by atoms with E-state index in [2.05, 4.69) is 5.32 Å². The van der Waals surface area contributed by atoms with Crippen LogP contribution in [-0.2, 0) is 0 Å². The molecule has 15 heavy (non-hydrogen) atoms. The van der Waals surface area contributed by atoms with E-state index in [0.717, 1.165) is 0 Å². The van der Waals surface area contributed by atoms with Crippen molar-refractivity contribution in [3.63, 3.8) is 0 Å². The van der Waals surface area contributed by atoms with E-state index < -0.39 is 11.7 Å². The molecule has 2 N–H and O–H groups in total. The lowest BCUT2D eigenvalue weighted by molar-refractivity contribution is 0.0948. The number of benzene rings is 1. The largest absolute Gasteiger partial charge is 0.396 e. The Morgan fingerprint density at radius 1 is 1.33 bits per heavy atom. The molecule has 0 heterocycles. The number of carbonyl (C=O) groups excluding carboxylic acids is 1. The summed E-state index contributed by atoms with van der Waals surface area (Å²) in [5, 5.41) is 11.1. The maximum Gasteiger partial charge on any atom is 0.254 e. The van der Waals surface area contributed by atoms with Crippen molar-refractivity contribution in [2.24, 2.45) is 0 Å². The van der Waals surface area contributed by atoms with Gasteiger partial charge in [0.2, 0.25) is 0 Å². The smallest absolute Gasteiger partial charge is 0.254 e. The molecule has 0 bridgehead atoms. The molecular weight excluding hydrogens is 197 g/mol. The van der Waals surface area contributed by atoms with Crippen LogP contribution in [0.3, 0.4) is 0 Å². The molecule has 0 aromatic heterocycles. The number of nitrogens with one attached hydrogen (secondary N) is 1. The lowest BCUT2D eigenvalue weighted by Gasteiger charge is -2.04. The first-order valence-electron chi connectivity index (χ1n) is 4.89. The molecule has 0 spiro atoms. The number of hydrogen-bond donors (Lipinski definition) is 2. The van der Waals surface area contributed by atoms with E-state index in [1.807, 2.05) is 0 Å². The summed E-state index contributed by atoms with van der Waals surface area (Å²) in [6, 6.07) is 5.85. The molecule has 0 saturated carbocycles. The van der Waals surface area contributed by atoms with Gasteiger partial charge in [-0.25, -0.2) is 4.39 Å². The van der Waals surface area contributed by atoms with E-state index in [1.165, 1.54) is 18.2 Å². The number of halogens is 1. The minimum Gasteiger partial charge on any atom is -0.396 e. The molecule has 0 fully saturated rings. The Bertz CT molecular complexity index is 328. The van der Waals surface area contributed by atoms with Gasteiger partial charge in [-0.2, -0.15) is 0 Å². The molecule has 1 rings (SSSR count). The van der Waals surface area contributed by atoms with Gasteiger partial charge in [0, 0.05) is 13.2 Å². The minimum absolute atomic E-state index is 0.0569. The van der Waals surface area contributed by atoms with Gasteiger partial charge in [-0.15, -0.1) is 0 Å². The van der Waals surface area contributed by atoms with Gasteiger partial charge in [-0.05, 0) is 25.0 Å². The Morgan fingerprint density at radius 3 is 2.73 bits per heavy atom. The van der Waals surface area contributed by atoms with Crippen molar-refractivity contribution >= 4 is 5.91 Å². The molecule has 0 saturated heterocycles. The van der Waals surface area contributed by atoms with Gasteiger partial charge in [-0.1, -0.05) is 12.1 Å². The topological polar surface area (TPSA) is 49.3 Å². The fourth-order valence-electron chi connectivity index (χ4n) is 1.18. The number of carbonyl (C=O) groups is 1. The molecule has 0 unspecified atom stereocenters. The number of rotatable bonds is 5. The van der Waals surface area contributed by atoms with Crippen LogP contribution in [0.25, 0.3) is 0 Å². The normalized spacial score (nSPS) is 10.0. The fraction of sp³-hybridized carbons (Fsp3) is 0.364. The van der Waals surface area contributed by atoms with E-state index in [-0.39, 0.29) is 12.2 Å². The first-order chi connectivity index (χ1) is 7.25. The highest BCUT2D eigenvalue weighted by molar-refractivity contribution is 5.94. The molecule has 0 radical (unpaired) electrons. The van der Waals surface area contributed by atoms with E-state index in [0.29, 0.717) is 19.4 Å². The zero-order chi connectivity index (χ0) is 11.1. The van der Waals surface area contributed by atoms with Crippen LogP contribution in [0, 0.1) is 5.82 Å². The third-order valence-electron chi connectivity index (χ3n) is 1.99. The Kier molecular flexibility index (Phi) is 4.77. The number of hydrogen-bond acceptors (Lipinski definition) is 2. The number of aliphatic hydroxyl groups excluding tert-OH is 1. The van der Waals surface area contributed by atoms with Crippen molar-refractivity contribution in [2.45, 2.75) is 12.8 Å². The zero-order valence-corrected chi connectivity index (χ0v) is 8.37. The predicted octanol–water partition coefficient (Wildman–Crippen LogP) is 1.33. The van der Waals surface area contributed by atoms with Crippen molar-refractivity contribution in [1.82, 2.24) is 5.32 Å². The lowest BCUT2D eigenvalue weighted by Crippen LogP contribution is -2.25. The number of amides is 1. The maximum absolute atomic E-state index is 13.1. The van der Waals surface area contributed by atoms with Gasteiger partial charge in [-0.3, -0.25) is 4.79 Å². The maximum atomic E-state index is 13.1. The fourth-order valence-corrected chi connectivity index (χ4v) is 1.18. The van der Waals surface area contributed by atoms with Crippen LogP contribution >= 0.6 is 0 Å². The molecule has 1 amide bonds. The Labute approximate surface area is 87.9 Å². The molecule has 82 valence electrons. The van der Waals surface area contributed by atoms with E-state index >= 15 is 0 Å². The highest BCUT2D eigenvalue weighted by atomic mass is 19.1. The molecule has 1 aromatic rings. The monoisotopic (exact) mass is 211 g/mol. The predicted molar refractivity (Wildman–Crippen MR) is 55.1 cm³/mol. The van der Waals surface area contributed by atoms with Crippen LogP contribution in [0.15, 0.2) is 24.3 Å². The van der Waals surface area contributed by atoms with Crippen LogP contribution < -0.4 is 5.32 Å². The molecule has 3 nitrogen and oxygen atoms in total. The van der Waals surface area contributed by atoms with Crippen molar-refractivity contribution in [3.8, 4) is 0 Å². The zero-order valence-electron chi connectivity index (χ0n) is 8.37. The van der Waals surface area contributed by atoms with Gasteiger partial charge in [0.1, 0.15) is 5.82 Å². The average Bonchev–Trinajstić information content (AvgIpc) is 2.25. The number of unbranched alkanes of at least 4 members (excludes halogenated alkanes) is 1. The lowest BCUT2D eigenvalue weighted by atomic mass is 10.2. The molecule has 0 aliphatic heterocycles. The third kappa shape index (κ3) is 3.67. The molecule has 1 aromatic carbocycles. The molecular formula is C11H14FNO2. The van der Waals surface area contributed by atoms with E-state index in [4.69, 9.17) is 5.11 Å². The molecule has 0 atom stereocenters. The molecule has 0 aliphatic carbocycles. The highest BCUT2D eigenvalue weighted by Crippen LogP contribution is 2.05. The second-order valence-corrected chi connectivity index (χ2v) is 3.17. The number of aliphatic hydroxyl groups is 1. The first-order valence-corrected chi connectivity index (χ1v) is 4.89. The van der Waals surface area contributed by atoms with Crippen molar-refractivity contribution < 1.29 is 14.3 Å². The van der Waals surface area contributed by atoms with Gasteiger partial charge >= 0.3 is 0 Å². The summed E-state index contributed by atoms with van der Waals surface area (Å²) in [4.78, 5) is 11.4.